The van der Waals surface area contributed by atoms with Crippen LogP contribution in [-0.2, 0) is 17.5 Å². The lowest BCUT2D eigenvalue weighted by molar-refractivity contribution is -0.138. The standard InChI is InChI=1S/C12H8F3NO3S/c13-12(14,15)8-3-1-7(2-4-8)9-6-20-11(19)16(9)5-10(17)18/h1-4,6H,5H2,(H,17,18). The molecule has 106 valence electrons. The number of carboxylic acids is 1. The van der Waals surface area contributed by atoms with Gasteiger partial charge in [-0.15, -0.1) is 0 Å². The molecule has 0 bridgehead atoms. The van der Waals surface area contributed by atoms with Gasteiger partial charge in [-0.1, -0.05) is 23.5 Å². The average molecular weight is 303 g/mol. The summed E-state index contributed by atoms with van der Waals surface area (Å²) in [4.78, 5) is 21.7. The van der Waals surface area contributed by atoms with Crippen molar-refractivity contribution in [2.75, 3.05) is 0 Å². The highest BCUT2D eigenvalue weighted by Gasteiger charge is 2.30. The predicted octanol–water partition coefficient (Wildman–Crippen LogP) is 2.68. The number of rotatable bonds is 3. The van der Waals surface area contributed by atoms with E-state index in [0.717, 1.165) is 28.0 Å². The minimum Gasteiger partial charge on any atom is -0.480 e. The number of carboxylic acid groups (broad SMARTS) is 1. The zero-order chi connectivity index (χ0) is 14.9. The number of carbonyl (C=O) groups is 1. The van der Waals surface area contributed by atoms with Gasteiger partial charge in [0.25, 0.3) is 0 Å². The summed E-state index contributed by atoms with van der Waals surface area (Å²) in [6.45, 7) is -0.529. The highest BCUT2D eigenvalue weighted by molar-refractivity contribution is 7.07. The van der Waals surface area contributed by atoms with E-state index < -0.39 is 29.1 Å². The lowest BCUT2D eigenvalue weighted by Gasteiger charge is -2.08. The maximum Gasteiger partial charge on any atom is 0.416 e. The second-order valence-corrected chi connectivity index (χ2v) is 4.76. The SMILES string of the molecule is O=C(O)Cn1c(-c2ccc(C(F)(F)F)cc2)csc1=O. The Balaban J connectivity index is 2.42. The molecule has 0 spiro atoms. The fraction of sp³-hybridized carbons (Fsp3) is 0.167. The zero-order valence-electron chi connectivity index (χ0n) is 9.85. The van der Waals surface area contributed by atoms with Crippen LogP contribution < -0.4 is 4.87 Å². The summed E-state index contributed by atoms with van der Waals surface area (Å²) in [7, 11) is 0. The minimum atomic E-state index is -4.44. The van der Waals surface area contributed by atoms with Gasteiger partial charge in [-0.2, -0.15) is 13.2 Å². The molecule has 1 heterocycles. The Kier molecular flexibility index (Phi) is 3.67. The van der Waals surface area contributed by atoms with Gasteiger partial charge in [0.1, 0.15) is 6.54 Å². The van der Waals surface area contributed by atoms with Crippen LogP contribution >= 0.6 is 11.3 Å². The smallest absolute Gasteiger partial charge is 0.416 e. The molecule has 2 aromatic rings. The number of nitrogens with zero attached hydrogens (tertiary/aromatic N) is 1. The average Bonchev–Trinajstić information content (AvgIpc) is 2.70. The monoisotopic (exact) mass is 303 g/mol. The van der Waals surface area contributed by atoms with Crippen LogP contribution in [-0.4, -0.2) is 15.6 Å². The maximum absolute atomic E-state index is 12.4. The Morgan fingerprint density at radius 2 is 1.85 bits per heavy atom. The van der Waals surface area contributed by atoms with Crippen LogP contribution in [0.25, 0.3) is 11.3 Å². The van der Waals surface area contributed by atoms with Gasteiger partial charge in [-0.05, 0) is 17.7 Å². The molecule has 1 N–H and O–H groups in total. The van der Waals surface area contributed by atoms with Gasteiger partial charge in [-0.3, -0.25) is 14.2 Å². The molecule has 2 rings (SSSR count). The van der Waals surface area contributed by atoms with E-state index in [1.54, 1.807) is 0 Å². The molecule has 1 aromatic heterocycles. The van der Waals surface area contributed by atoms with Gasteiger partial charge in [0, 0.05) is 5.38 Å². The molecule has 0 atom stereocenters. The van der Waals surface area contributed by atoms with E-state index in [4.69, 9.17) is 5.11 Å². The van der Waals surface area contributed by atoms with Gasteiger partial charge in [-0.25, -0.2) is 0 Å². The number of benzene rings is 1. The van der Waals surface area contributed by atoms with Crippen LogP contribution in [0.15, 0.2) is 34.4 Å². The predicted molar refractivity (Wildman–Crippen MR) is 66.7 cm³/mol. The van der Waals surface area contributed by atoms with Crippen LogP contribution in [0.4, 0.5) is 13.2 Å². The van der Waals surface area contributed by atoms with Gasteiger partial charge < -0.3 is 5.11 Å². The Bertz CT molecular complexity index is 685. The fourth-order valence-corrected chi connectivity index (χ4v) is 2.44. The van der Waals surface area contributed by atoms with Crippen molar-refractivity contribution in [3.63, 3.8) is 0 Å². The van der Waals surface area contributed by atoms with Crippen molar-refractivity contribution in [3.8, 4) is 11.3 Å². The lowest BCUT2D eigenvalue weighted by Crippen LogP contribution is -2.19. The number of halogens is 3. The Labute approximate surface area is 114 Å². The number of thiazole rings is 1. The highest BCUT2D eigenvalue weighted by atomic mass is 32.1. The zero-order valence-corrected chi connectivity index (χ0v) is 10.7. The summed E-state index contributed by atoms with van der Waals surface area (Å²) < 4.78 is 38.3. The molecule has 0 fully saturated rings. The van der Waals surface area contributed by atoms with E-state index in [1.807, 2.05) is 0 Å². The normalized spacial score (nSPS) is 11.6. The Morgan fingerprint density at radius 3 is 2.35 bits per heavy atom. The molecular weight excluding hydrogens is 295 g/mol. The quantitative estimate of drug-likeness (QED) is 0.948. The number of hydrogen-bond acceptors (Lipinski definition) is 3. The molecule has 8 heteroatoms. The minimum absolute atomic E-state index is 0.288. The van der Waals surface area contributed by atoms with E-state index in [9.17, 15) is 22.8 Å². The van der Waals surface area contributed by atoms with E-state index >= 15 is 0 Å². The van der Waals surface area contributed by atoms with Gasteiger partial charge in [0.15, 0.2) is 0 Å². The fourth-order valence-electron chi connectivity index (χ4n) is 1.67. The summed E-state index contributed by atoms with van der Waals surface area (Å²) in [5, 5.41) is 10.2. The number of aliphatic carboxylic acids is 1. The first-order valence-corrected chi connectivity index (χ1v) is 6.25. The topological polar surface area (TPSA) is 59.3 Å². The molecule has 0 amide bonds. The molecule has 0 aliphatic rings. The number of hydrogen-bond donors (Lipinski definition) is 1. The van der Waals surface area contributed by atoms with Crippen molar-refractivity contribution in [2.45, 2.75) is 12.7 Å². The van der Waals surface area contributed by atoms with Crippen molar-refractivity contribution in [2.24, 2.45) is 0 Å². The third-order valence-electron chi connectivity index (χ3n) is 2.58. The third-order valence-corrected chi connectivity index (χ3v) is 3.35. The molecule has 0 aliphatic heterocycles. The van der Waals surface area contributed by atoms with E-state index in [2.05, 4.69) is 0 Å². The summed E-state index contributed by atoms with van der Waals surface area (Å²) >= 11 is 0.799. The molecule has 4 nitrogen and oxygen atoms in total. The van der Waals surface area contributed by atoms with E-state index in [1.165, 1.54) is 17.5 Å². The molecule has 0 saturated heterocycles. The largest absolute Gasteiger partial charge is 0.480 e. The van der Waals surface area contributed by atoms with Crippen LogP contribution in [0, 0.1) is 0 Å². The van der Waals surface area contributed by atoms with E-state index in [-0.39, 0.29) is 5.69 Å². The van der Waals surface area contributed by atoms with Gasteiger partial charge in [0.05, 0.1) is 11.3 Å². The molecule has 0 saturated carbocycles. The Morgan fingerprint density at radius 1 is 1.25 bits per heavy atom. The van der Waals surface area contributed by atoms with E-state index in [0.29, 0.717) is 5.56 Å². The number of alkyl halides is 3. The molecule has 0 unspecified atom stereocenters. The van der Waals surface area contributed by atoms with Crippen molar-refractivity contribution >= 4 is 17.3 Å². The third kappa shape index (κ3) is 2.90. The summed E-state index contributed by atoms with van der Waals surface area (Å²) in [5.74, 6) is -1.20. The molecule has 0 aliphatic carbocycles. The van der Waals surface area contributed by atoms with Crippen LogP contribution in [0.3, 0.4) is 0 Å². The lowest BCUT2D eigenvalue weighted by atomic mass is 10.1. The first kappa shape index (κ1) is 14.3. The van der Waals surface area contributed by atoms with Crippen LogP contribution in [0.1, 0.15) is 5.56 Å². The maximum atomic E-state index is 12.4. The summed E-state index contributed by atoms with van der Waals surface area (Å²) in [6.07, 6.45) is -4.44. The second-order valence-electron chi connectivity index (χ2n) is 3.94. The van der Waals surface area contributed by atoms with Crippen LogP contribution in [0.5, 0.6) is 0 Å². The summed E-state index contributed by atoms with van der Waals surface area (Å²) in [6, 6.07) is 4.20. The molecule has 0 radical (unpaired) electrons. The van der Waals surface area contributed by atoms with Crippen molar-refractivity contribution in [1.29, 1.82) is 0 Å². The molecular formula is C12H8F3NO3S. The van der Waals surface area contributed by atoms with Crippen LogP contribution in [0.2, 0.25) is 0 Å². The summed E-state index contributed by atoms with van der Waals surface area (Å²) in [5.41, 5.74) is -0.155. The molecule has 1 aromatic carbocycles. The van der Waals surface area contributed by atoms with Crippen molar-refractivity contribution < 1.29 is 23.1 Å². The van der Waals surface area contributed by atoms with Gasteiger partial charge in [0.2, 0.25) is 0 Å². The second kappa shape index (κ2) is 5.12. The van der Waals surface area contributed by atoms with Crippen molar-refractivity contribution in [1.82, 2.24) is 4.57 Å². The highest BCUT2D eigenvalue weighted by Crippen LogP contribution is 2.31. The molecule has 20 heavy (non-hydrogen) atoms. The van der Waals surface area contributed by atoms with Gasteiger partial charge >= 0.3 is 17.0 Å². The Hall–Kier alpha value is -2.09. The first-order valence-electron chi connectivity index (χ1n) is 5.37. The first-order chi connectivity index (χ1) is 9.29. The number of aromatic nitrogens is 1. The van der Waals surface area contributed by atoms with Crippen molar-refractivity contribution in [3.05, 3.63) is 44.9 Å².